The van der Waals surface area contributed by atoms with Crippen molar-refractivity contribution < 1.29 is 4.74 Å². The molecule has 1 aliphatic rings. The molecule has 1 aliphatic carbocycles. The van der Waals surface area contributed by atoms with E-state index in [-0.39, 0.29) is 5.41 Å². The van der Waals surface area contributed by atoms with E-state index in [1.54, 1.807) is 0 Å². The maximum absolute atomic E-state index is 5.99. The average Bonchev–Trinajstić information content (AvgIpc) is 3.36. The summed E-state index contributed by atoms with van der Waals surface area (Å²) in [7, 11) is 0. The summed E-state index contributed by atoms with van der Waals surface area (Å²) in [5, 5.41) is 5.13. The first-order valence-electron chi connectivity index (χ1n) is 17.6. The van der Waals surface area contributed by atoms with Crippen molar-refractivity contribution in [3.63, 3.8) is 0 Å². The lowest BCUT2D eigenvalue weighted by molar-refractivity contribution is 0.305. The van der Waals surface area contributed by atoms with Gasteiger partial charge in [0.15, 0.2) is 0 Å². The van der Waals surface area contributed by atoms with E-state index in [4.69, 9.17) is 4.74 Å². The summed E-state index contributed by atoms with van der Waals surface area (Å²) in [5.74, 6) is 0.946. The normalized spacial score (nSPS) is 13.1. The summed E-state index contributed by atoms with van der Waals surface area (Å²) in [6, 6.07) is 51.6. The summed E-state index contributed by atoms with van der Waals surface area (Å²) in [5.41, 5.74) is 13.0. The fourth-order valence-corrected chi connectivity index (χ4v) is 7.90. The van der Waals surface area contributed by atoms with Crippen LogP contribution in [-0.2, 0) is 5.41 Å². The van der Waals surface area contributed by atoms with Crippen molar-refractivity contribution in [1.29, 1.82) is 0 Å². The number of hydrogen-bond donors (Lipinski definition) is 0. The Balaban J connectivity index is 1.18. The Morgan fingerprint density at radius 2 is 0.958 bits per heavy atom. The summed E-state index contributed by atoms with van der Waals surface area (Å²) in [4.78, 5) is 0. The Bertz CT molecular complexity index is 2200. The smallest absolute Gasteiger partial charge is 0.119 e. The minimum Gasteiger partial charge on any atom is -0.494 e. The maximum atomic E-state index is 5.99. The average molecular weight is 623 g/mol. The van der Waals surface area contributed by atoms with E-state index < -0.39 is 0 Å². The molecule has 0 saturated heterocycles. The van der Waals surface area contributed by atoms with Gasteiger partial charge in [-0.3, -0.25) is 0 Å². The zero-order chi connectivity index (χ0) is 32.7. The van der Waals surface area contributed by atoms with E-state index in [0.717, 1.165) is 18.8 Å². The lowest BCUT2D eigenvalue weighted by Crippen LogP contribution is -2.14. The van der Waals surface area contributed by atoms with Crippen molar-refractivity contribution in [3.8, 4) is 50.3 Å². The van der Waals surface area contributed by atoms with Gasteiger partial charge >= 0.3 is 0 Å². The van der Waals surface area contributed by atoms with Crippen LogP contribution >= 0.6 is 0 Å². The number of ether oxygens (including phenoxy) is 1. The van der Waals surface area contributed by atoms with Crippen molar-refractivity contribution in [2.45, 2.75) is 51.9 Å². The predicted octanol–water partition coefficient (Wildman–Crippen LogP) is 13.3. The predicted molar refractivity (Wildman–Crippen MR) is 205 cm³/mol. The van der Waals surface area contributed by atoms with Crippen LogP contribution in [0.2, 0.25) is 0 Å². The molecule has 0 radical (unpaired) electrons. The highest BCUT2D eigenvalue weighted by Gasteiger charge is 2.35. The Labute approximate surface area is 284 Å². The molecule has 0 spiro atoms. The van der Waals surface area contributed by atoms with Crippen LogP contribution in [0.1, 0.15) is 57.6 Å². The van der Waals surface area contributed by atoms with Crippen LogP contribution in [-0.4, -0.2) is 6.61 Å². The van der Waals surface area contributed by atoms with Gasteiger partial charge in [0.25, 0.3) is 0 Å². The number of rotatable bonds is 9. The number of fused-ring (bicyclic) bond motifs is 5. The van der Waals surface area contributed by atoms with E-state index >= 15 is 0 Å². The van der Waals surface area contributed by atoms with Gasteiger partial charge in [-0.05, 0) is 102 Å². The largest absolute Gasteiger partial charge is 0.494 e. The van der Waals surface area contributed by atoms with Crippen molar-refractivity contribution >= 4 is 21.5 Å². The van der Waals surface area contributed by atoms with Gasteiger partial charge in [0.2, 0.25) is 0 Å². The van der Waals surface area contributed by atoms with Gasteiger partial charge in [-0.2, -0.15) is 0 Å². The number of hydrogen-bond acceptors (Lipinski definition) is 1. The molecule has 0 saturated carbocycles. The molecule has 0 aromatic heterocycles. The van der Waals surface area contributed by atoms with Crippen LogP contribution in [0.15, 0.2) is 140 Å². The third-order valence-corrected chi connectivity index (χ3v) is 10.4. The SMILES string of the molecule is CCCCCCOc1ccc(-c2ccc(-c3c4ccccc4c(-c4ccc5c(c4)C(C)(C)c4ccccc4-5)c4ccccc34)cc2)cc1. The van der Waals surface area contributed by atoms with Crippen molar-refractivity contribution in [1.82, 2.24) is 0 Å². The third kappa shape index (κ3) is 5.19. The quantitative estimate of drug-likeness (QED) is 0.115. The molecule has 0 fully saturated rings. The van der Waals surface area contributed by atoms with E-state index in [0.29, 0.717) is 0 Å². The molecule has 48 heavy (non-hydrogen) atoms. The summed E-state index contributed by atoms with van der Waals surface area (Å²) in [6.45, 7) is 7.75. The van der Waals surface area contributed by atoms with Crippen LogP contribution in [0.25, 0.3) is 66.1 Å². The first-order chi connectivity index (χ1) is 23.5. The first kappa shape index (κ1) is 30.2. The topological polar surface area (TPSA) is 9.23 Å². The standard InChI is InChI=1S/C47H42O/c1-4-5-6-13-30-48-36-27-24-33(25-28-36)32-20-22-34(23-21-32)45-39-15-7-9-17-41(39)46(42-18-10-8-16-40(42)45)35-26-29-38-37-14-11-12-19-43(37)47(2,3)44(38)31-35/h7-12,14-29,31H,4-6,13,30H2,1-3H3. The van der Waals surface area contributed by atoms with Gasteiger partial charge in [-0.25, -0.2) is 0 Å². The van der Waals surface area contributed by atoms with Crippen molar-refractivity contribution in [2.24, 2.45) is 0 Å². The molecule has 7 aromatic rings. The monoisotopic (exact) mass is 622 g/mol. The van der Waals surface area contributed by atoms with E-state index in [9.17, 15) is 0 Å². The molecule has 236 valence electrons. The van der Waals surface area contributed by atoms with Gasteiger partial charge in [-0.15, -0.1) is 0 Å². The Kier molecular flexibility index (Phi) is 7.85. The molecule has 0 amide bonds. The van der Waals surface area contributed by atoms with Crippen LogP contribution < -0.4 is 4.74 Å². The fraction of sp³-hybridized carbons (Fsp3) is 0.191. The molecular formula is C47H42O. The highest BCUT2D eigenvalue weighted by Crippen LogP contribution is 2.51. The molecule has 0 N–H and O–H groups in total. The second kappa shape index (κ2) is 12.5. The Hall–Kier alpha value is -5.14. The lowest BCUT2D eigenvalue weighted by atomic mass is 9.80. The van der Waals surface area contributed by atoms with E-state index in [2.05, 4.69) is 160 Å². The molecule has 0 aliphatic heterocycles. The van der Waals surface area contributed by atoms with Crippen molar-refractivity contribution in [3.05, 3.63) is 151 Å². The van der Waals surface area contributed by atoms with Gasteiger partial charge in [0, 0.05) is 5.41 Å². The van der Waals surface area contributed by atoms with Gasteiger partial charge in [-0.1, -0.05) is 161 Å². The van der Waals surface area contributed by atoms with Crippen LogP contribution in [0.3, 0.4) is 0 Å². The van der Waals surface area contributed by atoms with Crippen molar-refractivity contribution in [2.75, 3.05) is 6.61 Å². The second-order valence-electron chi connectivity index (χ2n) is 13.8. The molecule has 0 atom stereocenters. The summed E-state index contributed by atoms with van der Waals surface area (Å²) < 4.78 is 5.99. The molecule has 8 rings (SSSR count). The van der Waals surface area contributed by atoms with E-state index in [1.165, 1.54) is 96.4 Å². The fourth-order valence-electron chi connectivity index (χ4n) is 7.90. The molecular weight excluding hydrogens is 581 g/mol. The molecule has 0 heterocycles. The molecule has 0 bridgehead atoms. The zero-order valence-electron chi connectivity index (χ0n) is 28.2. The third-order valence-electron chi connectivity index (χ3n) is 10.4. The Morgan fingerprint density at radius 1 is 0.458 bits per heavy atom. The van der Waals surface area contributed by atoms with Gasteiger partial charge in [0.05, 0.1) is 6.61 Å². The highest BCUT2D eigenvalue weighted by atomic mass is 16.5. The van der Waals surface area contributed by atoms with Crippen LogP contribution in [0, 0.1) is 0 Å². The number of unbranched alkanes of at least 4 members (excludes halogenated alkanes) is 3. The summed E-state index contributed by atoms with van der Waals surface area (Å²) in [6.07, 6.45) is 4.86. The lowest BCUT2D eigenvalue weighted by Gasteiger charge is -2.23. The molecule has 0 unspecified atom stereocenters. The van der Waals surface area contributed by atoms with Gasteiger partial charge < -0.3 is 4.74 Å². The minimum atomic E-state index is -0.0448. The molecule has 1 heteroatoms. The summed E-state index contributed by atoms with van der Waals surface area (Å²) >= 11 is 0. The van der Waals surface area contributed by atoms with Crippen LogP contribution in [0.5, 0.6) is 5.75 Å². The number of benzene rings is 7. The minimum absolute atomic E-state index is 0.0448. The highest BCUT2D eigenvalue weighted by molar-refractivity contribution is 6.21. The first-order valence-corrected chi connectivity index (χ1v) is 17.6. The second-order valence-corrected chi connectivity index (χ2v) is 13.8. The van der Waals surface area contributed by atoms with Crippen LogP contribution in [0.4, 0.5) is 0 Å². The van der Waals surface area contributed by atoms with E-state index in [1.807, 2.05) is 0 Å². The van der Waals surface area contributed by atoms with Gasteiger partial charge in [0.1, 0.15) is 5.75 Å². The zero-order valence-corrected chi connectivity index (χ0v) is 28.2. The molecule has 1 nitrogen and oxygen atoms in total. The Morgan fingerprint density at radius 3 is 1.58 bits per heavy atom. The molecule has 7 aromatic carbocycles. The maximum Gasteiger partial charge on any atom is 0.119 e.